The normalized spacial score (nSPS) is 12.2. The smallest absolute Gasteiger partial charge is 0.221 e. The molecule has 0 spiro atoms. The van der Waals surface area contributed by atoms with Crippen LogP contribution < -0.4 is 5.32 Å². The van der Waals surface area contributed by atoms with Gasteiger partial charge in [-0.05, 0) is 33.6 Å². The highest BCUT2D eigenvalue weighted by molar-refractivity contribution is 9.10. The number of amides is 1. The van der Waals surface area contributed by atoms with Crippen LogP contribution in [0.2, 0.25) is 0 Å². The Morgan fingerprint density at radius 1 is 1.60 bits per heavy atom. The molecule has 0 fully saturated rings. The van der Waals surface area contributed by atoms with Crippen LogP contribution in [-0.2, 0) is 21.6 Å². The van der Waals surface area contributed by atoms with Crippen molar-refractivity contribution in [2.45, 2.75) is 12.7 Å². The summed E-state index contributed by atoms with van der Waals surface area (Å²) in [5, 5.41) is 2.62. The Hall–Kier alpha value is -0.720. The van der Waals surface area contributed by atoms with Gasteiger partial charge in [0.15, 0.2) is 11.1 Å². The lowest BCUT2D eigenvalue weighted by molar-refractivity contribution is -0.114. The predicted molar refractivity (Wildman–Crippen MR) is 62.9 cm³/mol. The maximum Gasteiger partial charge on any atom is 0.221 e. The third kappa shape index (κ3) is 4.11. The van der Waals surface area contributed by atoms with Crippen molar-refractivity contribution in [2.75, 3.05) is 5.32 Å². The maximum absolute atomic E-state index is 10.9. The van der Waals surface area contributed by atoms with Crippen LogP contribution in [0.1, 0.15) is 12.5 Å². The van der Waals surface area contributed by atoms with Crippen LogP contribution in [0.4, 0.5) is 5.69 Å². The van der Waals surface area contributed by atoms with Crippen LogP contribution in [0, 0.1) is 0 Å². The number of rotatable bonds is 3. The standard InChI is InChI=1S/C9H10BrNO3S/c1-6(12)11-9-4-7(5-15(13)14)2-3-8(9)10/h2-4H,5H2,1H3,(H,11,12)(H,13,14). The lowest BCUT2D eigenvalue weighted by Crippen LogP contribution is -2.07. The molecule has 0 aliphatic carbocycles. The van der Waals surface area contributed by atoms with Crippen LogP contribution in [-0.4, -0.2) is 14.7 Å². The molecule has 4 nitrogen and oxygen atoms in total. The van der Waals surface area contributed by atoms with E-state index < -0.39 is 11.1 Å². The number of nitrogens with one attached hydrogen (secondary N) is 1. The summed E-state index contributed by atoms with van der Waals surface area (Å²) in [6, 6.07) is 5.12. The van der Waals surface area contributed by atoms with E-state index in [4.69, 9.17) is 4.55 Å². The number of hydrogen-bond acceptors (Lipinski definition) is 2. The molecular formula is C9H10BrNO3S. The number of benzene rings is 1. The summed E-state index contributed by atoms with van der Waals surface area (Å²) in [5.41, 5.74) is 1.30. The summed E-state index contributed by atoms with van der Waals surface area (Å²) in [6.45, 7) is 1.41. The minimum Gasteiger partial charge on any atom is -0.325 e. The molecule has 82 valence electrons. The molecule has 0 aromatic heterocycles. The van der Waals surface area contributed by atoms with Gasteiger partial charge in [0.2, 0.25) is 5.91 Å². The van der Waals surface area contributed by atoms with E-state index in [2.05, 4.69) is 21.2 Å². The zero-order valence-electron chi connectivity index (χ0n) is 7.99. The Bertz CT molecular complexity index is 408. The van der Waals surface area contributed by atoms with Crippen LogP contribution >= 0.6 is 15.9 Å². The molecule has 0 radical (unpaired) electrons. The Kier molecular flexibility index (Phi) is 4.44. The van der Waals surface area contributed by atoms with Crippen molar-refractivity contribution in [1.82, 2.24) is 0 Å². The van der Waals surface area contributed by atoms with E-state index in [1.54, 1.807) is 18.2 Å². The van der Waals surface area contributed by atoms with E-state index in [0.29, 0.717) is 11.3 Å². The zero-order valence-corrected chi connectivity index (χ0v) is 10.4. The van der Waals surface area contributed by atoms with Crippen LogP contribution in [0.3, 0.4) is 0 Å². The third-order valence-electron chi connectivity index (χ3n) is 1.63. The number of hydrogen-bond donors (Lipinski definition) is 2. The van der Waals surface area contributed by atoms with E-state index in [1.807, 2.05) is 0 Å². The summed E-state index contributed by atoms with van der Waals surface area (Å²) in [6.07, 6.45) is 0. The molecule has 15 heavy (non-hydrogen) atoms. The van der Waals surface area contributed by atoms with Gasteiger partial charge in [-0.2, -0.15) is 0 Å². The van der Waals surface area contributed by atoms with Crippen LogP contribution in [0.15, 0.2) is 22.7 Å². The second-order valence-electron chi connectivity index (χ2n) is 2.96. The fourth-order valence-electron chi connectivity index (χ4n) is 1.09. The van der Waals surface area contributed by atoms with Gasteiger partial charge in [0.1, 0.15) is 0 Å². The van der Waals surface area contributed by atoms with Crippen molar-refractivity contribution in [3.8, 4) is 0 Å². The van der Waals surface area contributed by atoms with E-state index in [0.717, 1.165) is 4.47 Å². The average molecular weight is 292 g/mol. The fraction of sp³-hybridized carbons (Fsp3) is 0.222. The van der Waals surface area contributed by atoms with E-state index in [1.165, 1.54) is 6.92 Å². The molecule has 0 aliphatic rings. The molecule has 1 unspecified atom stereocenters. The Morgan fingerprint density at radius 3 is 2.80 bits per heavy atom. The molecule has 0 bridgehead atoms. The highest BCUT2D eigenvalue weighted by Gasteiger charge is 2.04. The monoisotopic (exact) mass is 291 g/mol. The van der Waals surface area contributed by atoms with Gasteiger partial charge in [0, 0.05) is 11.4 Å². The molecule has 1 aromatic rings. The van der Waals surface area contributed by atoms with E-state index >= 15 is 0 Å². The number of halogens is 1. The average Bonchev–Trinajstić information content (AvgIpc) is 2.09. The lowest BCUT2D eigenvalue weighted by Gasteiger charge is -2.06. The van der Waals surface area contributed by atoms with Gasteiger partial charge >= 0.3 is 0 Å². The fourth-order valence-corrected chi connectivity index (χ4v) is 1.90. The van der Waals surface area contributed by atoms with E-state index in [-0.39, 0.29) is 11.7 Å². The minimum atomic E-state index is -1.87. The van der Waals surface area contributed by atoms with Gasteiger partial charge in [-0.1, -0.05) is 6.07 Å². The third-order valence-corrected chi connectivity index (χ3v) is 2.90. The lowest BCUT2D eigenvalue weighted by atomic mass is 10.2. The first-order valence-corrected chi connectivity index (χ1v) is 6.19. The van der Waals surface area contributed by atoms with Gasteiger partial charge in [-0.25, -0.2) is 4.21 Å². The van der Waals surface area contributed by atoms with Crippen molar-refractivity contribution in [1.29, 1.82) is 0 Å². The van der Waals surface area contributed by atoms with Crippen molar-refractivity contribution in [2.24, 2.45) is 0 Å². The van der Waals surface area contributed by atoms with Gasteiger partial charge in [-0.15, -0.1) is 0 Å². The molecule has 6 heteroatoms. The van der Waals surface area contributed by atoms with Crippen LogP contribution in [0.25, 0.3) is 0 Å². The second-order valence-corrected chi connectivity index (χ2v) is 4.75. The molecule has 0 saturated heterocycles. The molecule has 1 amide bonds. The number of anilines is 1. The first-order valence-electron chi connectivity index (χ1n) is 4.12. The molecule has 0 aliphatic heterocycles. The summed E-state index contributed by atoms with van der Waals surface area (Å²) >= 11 is 1.40. The summed E-state index contributed by atoms with van der Waals surface area (Å²) in [4.78, 5) is 10.9. The highest BCUT2D eigenvalue weighted by atomic mass is 79.9. The Labute approximate surface area is 98.5 Å². The van der Waals surface area contributed by atoms with Gasteiger partial charge in [0.25, 0.3) is 0 Å². The number of carbonyl (C=O) groups is 1. The zero-order chi connectivity index (χ0) is 11.4. The topological polar surface area (TPSA) is 66.4 Å². The summed E-state index contributed by atoms with van der Waals surface area (Å²) in [7, 11) is 0. The minimum absolute atomic E-state index is 0.0554. The predicted octanol–water partition coefficient (Wildman–Crippen LogP) is 2.13. The molecule has 0 heterocycles. The Morgan fingerprint density at radius 2 is 2.27 bits per heavy atom. The van der Waals surface area contributed by atoms with Gasteiger partial charge in [-0.3, -0.25) is 4.79 Å². The largest absolute Gasteiger partial charge is 0.325 e. The quantitative estimate of drug-likeness (QED) is 0.839. The first kappa shape index (κ1) is 12.4. The molecule has 1 aromatic carbocycles. The van der Waals surface area contributed by atoms with Crippen molar-refractivity contribution >= 4 is 38.6 Å². The molecular weight excluding hydrogens is 282 g/mol. The van der Waals surface area contributed by atoms with Crippen molar-refractivity contribution in [3.05, 3.63) is 28.2 Å². The molecule has 1 rings (SSSR count). The molecule has 0 saturated carbocycles. The van der Waals surface area contributed by atoms with Gasteiger partial charge in [0.05, 0.1) is 11.4 Å². The SMILES string of the molecule is CC(=O)Nc1cc(CS(=O)O)ccc1Br. The second kappa shape index (κ2) is 5.39. The van der Waals surface area contributed by atoms with Crippen molar-refractivity contribution < 1.29 is 13.6 Å². The summed E-state index contributed by atoms with van der Waals surface area (Å²) < 4.78 is 20.1. The van der Waals surface area contributed by atoms with E-state index in [9.17, 15) is 9.00 Å². The Balaban J connectivity index is 2.94. The molecule has 2 N–H and O–H groups in total. The molecule has 1 atom stereocenters. The number of carbonyl (C=O) groups excluding carboxylic acids is 1. The van der Waals surface area contributed by atoms with Crippen molar-refractivity contribution in [3.63, 3.8) is 0 Å². The highest BCUT2D eigenvalue weighted by Crippen LogP contribution is 2.24. The van der Waals surface area contributed by atoms with Gasteiger partial charge < -0.3 is 9.87 Å². The summed E-state index contributed by atoms with van der Waals surface area (Å²) in [5.74, 6) is -0.127. The first-order chi connectivity index (χ1) is 6.99. The van der Waals surface area contributed by atoms with Crippen LogP contribution in [0.5, 0.6) is 0 Å². The maximum atomic E-state index is 10.9.